The number of ether oxygens (including phenoxy) is 2. The van der Waals surface area contributed by atoms with Crippen molar-refractivity contribution in [3.63, 3.8) is 0 Å². The molecule has 0 saturated heterocycles. The lowest BCUT2D eigenvalue weighted by atomic mass is 9.94. The van der Waals surface area contributed by atoms with E-state index in [9.17, 15) is 5.11 Å². The van der Waals surface area contributed by atoms with Gasteiger partial charge in [0.1, 0.15) is 11.5 Å². The third-order valence-electron chi connectivity index (χ3n) is 4.26. The maximum absolute atomic E-state index is 10.6. The zero-order valence-electron chi connectivity index (χ0n) is 13.7. The van der Waals surface area contributed by atoms with E-state index in [1.807, 2.05) is 19.1 Å². The second kappa shape index (κ2) is 6.17. The topological polar surface area (TPSA) is 80.9 Å². The summed E-state index contributed by atoms with van der Waals surface area (Å²) in [6, 6.07) is 3.58. The molecule has 23 heavy (non-hydrogen) atoms. The second-order valence-electron chi connectivity index (χ2n) is 5.66. The van der Waals surface area contributed by atoms with Gasteiger partial charge in [-0.15, -0.1) is 0 Å². The van der Waals surface area contributed by atoms with Gasteiger partial charge in [0.15, 0.2) is 5.82 Å². The molecule has 2 atom stereocenters. The monoisotopic (exact) mass is 319 g/mol. The van der Waals surface area contributed by atoms with Crippen LogP contribution in [0, 0.1) is 6.92 Å². The van der Waals surface area contributed by atoms with Crippen LogP contribution in [0.25, 0.3) is 0 Å². The van der Waals surface area contributed by atoms with E-state index >= 15 is 0 Å². The van der Waals surface area contributed by atoms with Gasteiger partial charge in [0.25, 0.3) is 0 Å². The van der Waals surface area contributed by atoms with Crippen LogP contribution in [0.2, 0.25) is 0 Å². The van der Waals surface area contributed by atoms with Crippen LogP contribution < -0.4 is 9.47 Å². The molecule has 1 aliphatic rings. The Morgan fingerprint density at radius 1 is 1.30 bits per heavy atom. The van der Waals surface area contributed by atoms with E-state index in [4.69, 9.17) is 14.0 Å². The average molecular weight is 319 g/mol. The third kappa shape index (κ3) is 2.77. The molecule has 1 aromatic heterocycles. The molecule has 2 heterocycles. The Labute approximate surface area is 134 Å². The highest BCUT2D eigenvalue weighted by Gasteiger charge is 2.33. The van der Waals surface area contributed by atoms with Gasteiger partial charge >= 0.3 is 0 Å². The maximum atomic E-state index is 10.6. The summed E-state index contributed by atoms with van der Waals surface area (Å²) in [6.45, 7) is 4.83. The minimum atomic E-state index is -0.671. The quantitative estimate of drug-likeness (QED) is 0.923. The summed E-state index contributed by atoms with van der Waals surface area (Å²) in [4.78, 5) is 6.37. The van der Waals surface area contributed by atoms with Crippen molar-refractivity contribution in [2.75, 3.05) is 20.8 Å². The van der Waals surface area contributed by atoms with Crippen LogP contribution in [0.1, 0.15) is 41.9 Å². The molecule has 1 aliphatic heterocycles. The number of methoxy groups -OCH3 is 2. The Morgan fingerprint density at radius 3 is 2.61 bits per heavy atom. The zero-order valence-corrected chi connectivity index (χ0v) is 13.7. The van der Waals surface area contributed by atoms with Gasteiger partial charge in [0.2, 0.25) is 5.89 Å². The van der Waals surface area contributed by atoms with Gasteiger partial charge < -0.3 is 19.1 Å². The first kappa shape index (κ1) is 15.8. The van der Waals surface area contributed by atoms with E-state index in [1.165, 1.54) is 0 Å². The van der Waals surface area contributed by atoms with Crippen molar-refractivity contribution in [2.24, 2.45) is 0 Å². The first-order valence-electron chi connectivity index (χ1n) is 7.51. The van der Waals surface area contributed by atoms with Crippen LogP contribution in [0.15, 0.2) is 16.7 Å². The van der Waals surface area contributed by atoms with Gasteiger partial charge in [-0.3, -0.25) is 4.90 Å². The highest BCUT2D eigenvalue weighted by molar-refractivity contribution is 5.51. The van der Waals surface area contributed by atoms with E-state index in [1.54, 1.807) is 21.1 Å². The number of fused-ring (bicyclic) bond motifs is 1. The summed E-state index contributed by atoms with van der Waals surface area (Å²) in [7, 11) is 3.23. The fourth-order valence-electron chi connectivity index (χ4n) is 3.04. The van der Waals surface area contributed by atoms with Crippen molar-refractivity contribution in [1.82, 2.24) is 15.0 Å². The predicted octanol–water partition coefficient (Wildman–Crippen LogP) is 2.01. The minimum Gasteiger partial charge on any atom is -0.496 e. The third-order valence-corrected chi connectivity index (χ3v) is 4.26. The van der Waals surface area contributed by atoms with Crippen LogP contribution in [0.5, 0.6) is 11.5 Å². The van der Waals surface area contributed by atoms with Gasteiger partial charge in [0, 0.05) is 24.2 Å². The Kier molecular flexibility index (Phi) is 4.23. The summed E-state index contributed by atoms with van der Waals surface area (Å²) >= 11 is 0. The number of aliphatic hydroxyl groups excluding tert-OH is 1. The second-order valence-corrected chi connectivity index (χ2v) is 5.66. The Hall–Kier alpha value is -2.12. The zero-order chi connectivity index (χ0) is 16.6. The lowest BCUT2D eigenvalue weighted by Crippen LogP contribution is -2.36. The van der Waals surface area contributed by atoms with Gasteiger partial charge in [-0.2, -0.15) is 4.98 Å². The SMILES string of the molecule is COc1ccc(OC)c2c1CN([C@@H](C)c1nc(C)no1)C[C@H]2O. The molecule has 0 amide bonds. The molecule has 0 fully saturated rings. The molecular formula is C16H21N3O4. The molecular weight excluding hydrogens is 298 g/mol. The molecule has 0 saturated carbocycles. The number of benzene rings is 1. The number of aliphatic hydroxyl groups is 1. The smallest absolute Gasteiger partial charge is 0.243 e. The average Bonchev–Trinajstić information content (AvgIpc) is 2.99. The summed E-state index contributed by atoms with van der Waals surface area (Å²) < 4.78 is 16.1. The molecule has 1 aromatic carbocycles. The van der Waals surface area contributed by atoms with Crippen LogP contribution >= 0.6 is 0 Å². The highest BCUT2D eigenvalue weighted by Crippen LogP contribution is 2.41. The van der Waals surface area contributed by atoms with Crippen molar-refractivity contribution >= 4 is 0 Å². The Morgan fingerprint density at radius 2 is 2.00 bits per heavy atom. The van der Waals surface area contributed by atoms with Crippen molar-refractivity contribution < 1.29 is 19.1 Å². The lowest BCUT2D eigenvalue weighted by Gasteiger charge is -2.36. The fraction of sp³-hybridized carbons (Fsp3) is 0.500. The van der Waals surface area contributed by atoms with E-state index in [0.717, 1.165) is 16.9 Å². The number of aryl methyl sites for hydroxylation is 1. The number of β-amino-alcohol motifs (C(OH)–C–C–N with tert-alkyl or cyclic N) is 1. The van der Waals surface area contributed by atoms with Crippen LogP contribution in [-0.4, -0.2) is 40.9 Å². The molecule has 2 aromatic rings. The number of hydrogen-bond acceptors (Lipinski definition) is 7. The molecule has 0 spiro atoms. The molecule has 7 heteroatoms. The molecule has 0 aliphatic carbocycles. The molecule has 124 valence electrons. The normalized spacial score (nSPS) is 19.3. The van der Waals surface area contributed by atoms with Gasteiger partial charge in [-0.05, 0) is 26.0 Å². The van der Waals surface area contributed by atoms with E-state index in [0.29, 0.717) is 30.6 Å². The molecule has 0 bridgehead atoms. The minimum absolute atomic E-state index is 0.102. The highest BCUT2D eigenvalue weighted by atomic mass is 16.5. The summed E-state index contributed by atoms with van der Waals surface area (Å²) in [5.41, 5.74) is 1.71. The molecule has 0 radical (unpaired) electrons. The van der Waals surface area contributed by atoms with Crippen molar-refractivity contribution in [1.29, 1.82) is 0 Å². The number of rotatable bonds is 4. The van der Waals surface area contributed by atoms with Gasteiger partial charge in [-0.1, -0.05) is 5.16 Å². The summed E-state index contributed by atoms with van der Waals surface area (Å²) in [5.74, 6) is 2.55. The van der Waals surface area contributed by atoms with Gasteiger partial charge in [-0.25, -0.2) is 0 Å². The van der Waals surface area contributed by atoms with Crippen LogP contribution in [0.3, 0.4) is 0 Å². The van der Waals surface area contributed by atoms with E-state index in [-0.39, 0.29) is 6.04 Å². The molecule has 1 N–H and O–H groups in total. The molecule has 0 unspecified atom stereocenters. The first-order chi connectivity index (χ1) is 11.0. The van der Waals surface area contributed by atoms with Gasteiger partial charge in [0.05, 0.1) is 26.4 Å². The van der Waals surface area contributed by atoms with Crippen LogP contribution in [0.4, 0.5) is 0 Å². The van der Waals surface area contributed by atoms with E-state index in [2.05, 4.69) is 15.0 Å². The number of hydrogen-bond donors (Lipinski definition) is 1. The summed E-state index contributed by atoms with van der Waals surface area (Å²) in [5, 5.41) is 14.5. The predicted molar refractivity (Wildman–Crippen MR) is 82.4 cm³/mol. The largest absolute Gasteiger partial charge is 0.496 e. The fourth-order valence-corrected chi connectivity index (χ4v) is 3.04. The van der Waals surface area contributed by atoms with Crippen molar-refractivity contribution in [2.45, 2.75) is 32.5 Å². The molecule has 7 nitrogen and oxygen atoms in total. The summed E-state index contributed by atoms with van der Waals surface area (Å²) in [6.07, 6.45) is -0.671. The number of aromatic nitrogens is 2. The Balaban J connectivity index is 1.96. The Bertz CT molecular complexity index is 701. The lowest BCUT2D eigenvalue weighted by molar-refractivity contribution is 0.0567. The standard InChI is InChI=1S/C16H21N3O4/c1-9(16-17-10(2)18-23-16)19-7-11-13(21-3)5-6-14(22-4)15(11)12(20)8-19/h5-6,9,12,20H,7-8H2,1-4H3/t9-,12+/m0/s1. The molecule has 3 rings (SSSR count). The van der Waals surface area contributed by atoms with E-state index < -0.39 is 6.10 Å². The number of nitrogens with zero attached hydrogens (tertiary/aromatic N) is 3. The van der Waals surface area contributed by atoms with Crippen molar-refractivity contribution in [3.05, 3.63) is 35.0 Å². The maximum Gasteiger partial charge on any atom is 0.243 e. The first-order valence-corrected chi connectivity index (χ1v) is 7.51. The van der Waals surface area contributed by atoms with Crippen LogP contribution in [-0.2, 0) is 6.54 Å². The van der Waals surface area contributed by atoms with Crippen molar-refractivity contribution in [3.8, 4) is 11.5 Å².